The Morgan fingerprint density at radius 1 is 0.818 bits per heavy atom. The summed E-state index contributed by atoms with van der Waals surface area (Å²) < 4.78 is 6.12. The van der Waals surface area contributed by atoms with Gasteiger partial charge in [-0.2, -0.15) is 0 Å². The van der Waals surface area contributed by atoms with E-state index in [0.717, 1.165) is 0 Å². The van der Waals surface area contributed by atoms with Crippen LogP contribution in [-0.4, -0.2) is 0 Å². The minimum absolute atomic E-state index is 1.29. The maximum absolute atomic E-state index is 2.33. The third-order valence-corrected chi connectivity index (χ3v) is 8.46. The van der Waals surface area contributed by atoms with Gasteiger partial charge in [0.25, 0.3) is 0 Å². The van der Waals surface area contributed by atoms with E-state index in [4.69, 9.17) is 0 Å². The Hall–Kier alpha value is -0.380. The molecule has 0 atom stereocenters. The van der Waals surface area contributed by atoms with Gasteiger partial charge >= 0.3 is 0 Å². The zero-order valence-corrected chi connectivity index (χ0v) is 16.2. The van der Waals surface area contributed by atoms with Crippen molar-refractivity contribution in [3.8, 4) is 0 Å². The Kier molecular flexibility index (Phi) is 5.95. The molecule has 3 heteroatoms. The molecule has 3 rings (SSSR count). The van der Waals surface area contributed by atoms with Crippen molar-refractivity contribution in [1.82, 2.24) is 0 Å². The molecule has 3 aromatic rings. The molecule has 120 valence electrons. The summed E-state index contributed by atoms with van der Waals surface area (Å²) in [4.78, 5) is 1.64. The second-order valence-corrected chi connectivity index (χ2v) is 9.32. The van der Waals surface area contributed by atoms with Gasteiger partial charge in [-0.15, -0.1) is 34.0 Å². The van der Waals surface area contributed by atoms with Crippen molar-refractivity contribution in [2.75, 3.05) is 0 Å². The van der Waals surface area contributed by atoms with Gasteiger partial charge in [-0.3, -0.25) is 0 Å². The Balaban J connectivity index is 1.49. The number of aryl methyl sites for hydroxylation is 2. The predicted octanol–water partition coefficient (Wildman–Crippen LogP) is 8.17. The maximum Gasteiger partial charge on any atom is 0.0635 e. The predicted molar refractivity (Wildman–Crippen MR) is 106 cm³/mol. The smallest absolute Gasteiger partial charge is 0.0635 e. The van der Waals surface area contributed by atoms with E-state index >= 15 is 0 Å². The third-order valence-electron chi connectivity index (χ3n) is 4.50. The van der Waals surface area contributed by atoms with Crippen LogP contribution in [0, 0.1) is 6.92 Å². The highest BCUT2D eigenvalue weighted by molar-refractivity contribution is 7.38. The molecule has 0 aliphatic rings. The Morgan fingerprint density at radius 3 is 2.32 bits per heavy atom. The zero-order valence-electron chi connectivity index (χ0n) is 13.7. The lowest BCUT2D eigenvalue weighted by Gasteiger charge is -2.02. The number of thiophene rings is 3. The highest BCUT2D eigenvalue weighted by atomic mass is 32.1. The van der Waals surface area contributed by atoms with E-state index in [1.807, 2.05) is 22.7 Å². The lowest BCUT2D eigenvalue weighted by atomic mass is 10.1. The summed E-state index contributed by atoms with van der Waals surface area (Å²) >= 11 is 5.96. The Bertz CT molecular complexity index is 714. The van der Waals surface area contributed by atoms with Gasteiger partial charge in [0.2, 0.25) is 0 Å². The summed E-state index contributed by atoms with van der Waals surface area (Å²) in [6, 6.07) is 2.27. The monoisotopic (exact) mass is 350 g/mol. The fourth-order valence-electron chi connectivity index (χ4n) is 3.13. The molecule has 22 heavy (non-hydrogen) atoms. The van der Waals surface area contributed by atoms with E-state index in [0.29, 0.717) is 0 Å². The molecule has 0 saturated carbocycles. The van der Waals surface area contributed by atoms with Crippen molar-refractivity contribution in [3.63, 3.8) is 0 Å². The van der Waals surface area contributed by atoms with Crippen molar-refractivity contribution < 1.29 is 0 Å². The molecule has 0 nitrogen and oxygen atoms in total. The van der Waals surface area contributed by atoms with Crippen molar-refractivity contribution in [3.05, 3.63) is 21.9 Å². The molecule has 0 N–H and O–H groups in total. The van der Waals surface area contributed by atoms with Gasteiger partial charge in [0.05, 0.1) is 14.1 Å². The van der Waals surface area contributed by atoms with Crippen LogP contribution in [-0.2, 0) is 6.42 Å². The molecule has 0 amide bonds. The van der Waals surface area contributed by atoms with E-state index < -0.39 is 0 Å². The molecule has 0 radical (unpaired) electrons. The molecule has 0 aromatic carbocycles. The summed E-state index contributed by atoms with van der Waals surface area (Å²) in [5, 5.41) is 2.23. The van der Waals surface area contributed by atoms with Crippen LogP contribution in [0.2, 0.25) is 0 Å². The summed E-state index contributed by atoms with van der Waals surface area (Å²) in [6.45, 7) is 4.62. The number of rotatable bonds is 9. The van der Waals surface area contributed by atoms with Gasteiger partial charge in [-0.25, -0.2) is 0 Å². The molecular formula is C19H26S3. The largest absolute Gasteiger partial charge is 0.141 e. The van der Waals surface area contributed by atoms with Crippen molar-refractivity contribution in [2.45, 2.75) is 71.6 Å². The first kappa shape index (κ1) is 16.5. The average Bonchev–Trinajstić information content (AvgIpc) is 3.16. The van der Waals surface area contributed by atoms with E-state index in [1.165, 1.54) is 67.2 Å². The molecular weight excluding hydrogens is 324 g/mol. The van der Waals surface area contributed by atoms with Gasteiger partial charge in [0.15, 0.2) is 0 Å². The van der Waals surface area contributed by atoms with Crippen LogP contribution in [0.25, 0.3) is 18.8 Å². The van der Waals surface area contributed by atoms with Crippen LogP contribution in [0.1, 0.15) is 68.7 Å². The molecule has 0 aliphatic carbocycles. The van der Waals surface area contributed by atoms with Crippen LogP contribution >= 0.6 is 34.0 Å². The number of hydrogen-bond donors (Lipinski definition) is 0. The molecule has 0 spiro atoms. The second-order valence-electron chi connectivity index (χ2n) is 6.25. The first-order valence-corrected chi connectivity index (χ1v) is 11.2. The first-order valence-electron chi connectivity index (χ1n) is 8.69. The van der Waals surface area contributed by atoms with Crippen LogP contribution in [0.4, 0.5) is 0 Å². The molecule has 0 unspecified atom stereocenters. The van der Waals surface area contributed by atoms with Crippen LogP contribution in [0.3, 0.4) is 0 Å². The van der Waals surface area contributed by atoms with Crippen molar-refractivity contribution >= 4 is 52.8 Å². The first-order chi connectivity index (χ1) is 10.8. The normalized spacial score (nSPS) is 11.9. The zero-order chi connectivity index (χ0) is 15.4. The van der Waals surface area contributed by atoms with Crippen LogP contribution in [0.5, 0.6) is 0 Å². The van der Waals surface area contributed by atoms with Gasteiger partial charge in [0.1, 0.15) is 0 Å². The van der Waals surface area contributed by atoms with Crippen molar-refractivity contribution in [2.24, 2.45) is 0 Å². The van der Waals surface area contributed by atoms with Gasteiger partial charge in [-0.05, 0) is 36.8 Å². The lowest BCUT2D eigenvalue weighted by molar-refractivity contribution is 0.576. The standard InChI is InChI=1S/C19H26S3/c1-3-4-5-6-7-8-9-10-11-15-14(2)17-19(21-15)18-16(22-17)12-13-20-18/h12-13H,3-11H2,1-2H3. The topological polar surface area (TPSA) is 0 Å². The number of hydrogen-bond acceptors (Lipinski definition) is 3. The highest BCUT2D eigenvalue weighted by Gasteiger charge is 2.14. The van der Waals surface area contributed by atoms with E-state index in [9.17, 15) is 0 Å². The van der Waals surface area contributed by atoms with E-state index in [1.54, 1.807) is 19.8 Å². The summed E-state index contributed by atoms with van der Waals surface area (Å²) in [5.74, 6) is 0. The minimum atomic E-state index is 1.29. The van der Waals surface area contributed by atoms with Crippen molar-refractivity contribution in [1.29, 1.82) is 0 Å². The summed E-state index contributed by atoms with van der Waals surface area (Å²) in [6.07, 6.45) is 12.6. The number of fused-ring (bicyclic) bond motifs is 3. The van der Waals surface area contributed by atoms with E-state index in [-0.39, 0.29) is 0 Å². The Morgan fingerprint density at radius 2 is 1.55 bits per heavy atom. The summed E-state index contributed by atoms with van der Waals surface area (Å²) in [7, 11) is 0. The second kappa shape index (κ2) is 7.94. The minimum Gasteiger partial charge on any atom is -0.141 e. The molecule has 3 aromatic heterocycles. The SMILES string of the molecule is CCCCCCCCCCc1sc2c(sc3ccsc32)c1C. The maximum atomic E-state index is 2.33. The molecule has 3 heterocycles. The van der Waals surface area contributed by atoms with Gasteiger partial charge in [-0.1, -0.05) is 51.9 Å². The fraction of sp³-hybridized carbons (Fsp3) is 0.579. The highest BCUT2D eigenvalue weighted by Crippen LogP contribution is 2.44. The van der Waals surface area contributed by atoms with Gasteiger partial charge < -0.3 is 0 Å². The molecule has 0 fully saturated rings. The quantitative estimate of drug-likeness (QED) is 0.341. The average molecular weight is 351 g/mol. The van der Waals surface area contributed by atoms with Gasteiger partial charge in [0, 0.05) is 9.58 Å². The molecule has 0 saturated heterocycles. The molecule has 0 aliphatic heterocycles. The third kappa shape index (κ3) is 3.58. The Labute approximate surface area is 146 Å². The van der Waals surface area contributed by atoms with Crippen LogP contribution in [0.15, 0.2) is 11.4 Å². The van der Waals surface area contributed by atoms with E-state index in [2.05, 4.69) is 36.6 Å². The fourth-order valence-corrected chi connectivity index (χ4v) is 7.15. The summed E-state index contributed by atoms with van der Waals surface area (Å²) in [5.41, 5.74) is 1.57. The van der Waals surface area contributed by atoms with Crippen LogP contribution < -0.4 is 0 Å². The molecule has 0 bridgehead atoms. The number of unbranched alkanes of at least 4 members (excludes halogenated alkanes) is 7. The lowest BCUT2D eigenvalue weighted by Crippen LogP contribution is -1.85.